The van der Waals surface area contributed by atoms with Crippen LogP contribution in [0.2, 0.25) is 0 Å². The molecule has 102 valence electrons. The quantitative estimate of drug-likeness (QED) is 0.618. The highest BCUT2D eigenvalue weighted by atomic mass is 16.5. The van der Waals surface area contributed by atoms with E-state index >= 15 is 0 Å². The average Bonchev–Trinajstić information content (AvgIpc) is 2.52. The van der Waals surface area contributed by atoms with E-state index in [-0.39, 0.29) is 0 Å². The Balaban J connectivity index is 2.08. The molecule has 0 saturated heterocycles. The fraction of sp³-hybridized carbons (Fsp3) is 0.125. The lowest BCUT2D eigenvalue weighted by Gasteiger charge is -2.08. The molecular formula is C16H15NO3. The Morgan fingerprint density at radius 3 is 2.75 bits per heavy atom. The molecule has 0 fully saturated rings. The van der Waals surface area contributed by atoms with Gasteiger partial charge in [-0.15, -0.1) is 0 Å². The van der Waals surface area contributed by atoms with Crippen LogP contribution >= 0.6 is 0 Å². The highest BCUT2D eigenvalue weighted by molar-refractivity contribution is 5.87. The van der Waals surface area contributed by atoms with Crippen LogP contribution in [0.15, 0.2) is 54.7 Å². The Morgan fingerprint density at radius 2 is 2.00 bits per heavy atom. The Morgan fingerprint density at radius 1 is 1.20 bits per heavy atom. The molecule has 0 bridgehead atoms. The zero-order chi connectivity index (χ0) is 14.2. The summed E-state index contributed by atoms with van der Waals surface area (Å²) < 4.78 is 10.3. The minimum Gasteiger partial charge on any atom is -0.487 e. The molecule has 2 aromatic rings. The van der Waals surface area contributed by atoms with E-state index < -0.39 is 5.97 Å². The first-order valence-corrected chi connectivity index (χ1v) is 6.17. The molecule has 20 heavy (non-hydrogen) atoms. The summed E-state index contributed by atoms with van der Waals surface area (Å²) in [6.45, 7) is 0.450. The summed E-state index contributed by atoms with van der Waals surface area (Å²) >= 11 is 0. The van der Waals surface area contributed by atoms with Gasteiger partial charge in [0.25, 0.3) is 0 Å². The van der Waals surface area contributed by atoms with Crippen LogP contribution in [-0.2, 0) is 16.1 Å². The molecule has 0 aliphatic heterocycles. The van der Waals surface area contributed by atoms with E-state index in [1.165, 1.54) is 13.2 Å². The van der Waals surface area contributed by atoms with Crippen LogP contribution in [0.5, 0.6) is 5.75 Å². The highest BCUT2D eigenvalue weighted by Gasteiger charge is 2.03. The molecule has 0 atom stereocenters. The molecular weight excluding hydrogens is 254 g/mol. The van der Waals surface area contributed by atoms with Crippen molar-refractivity contribution < 1.29 is 14.3 Å². The SMILES string of the molecule is COC(=O)C=Cc1ncccc1OCc1ccccc1. The summed E-state index contributed by atoms with van der Waals surface area (Å²) in [4.78, 5) is 15.3. The van der Waals surface area contributed by atoms with Gasteiger partial charge in [0.2, 0.25) is 0 Å². The molecule has 0 aliphatic rings. The third kappa shape index (κ3) is 3.95. The predicted octanol–water partition coefficient (Wildman–Crippen LogP) is 2.85. The van der Waals surface area contributed by atoms with Gasteiger partial charge >= 0.3 is 5.97 Å². The maximum absolute atomic E-state index is 11.1. The van der Waals surface area contributed by atoms with E-state index in [2.05, 4.69) is 9.72 Å². The number of pyridine rings is 1. The molecule has 0 spiro atoms. The fourth-order valence-corrected chi connectivity index (χ4v) is 1.60. The number of ether oxygens (including phenoxy) is 2. The number of aromatic nitrogens is 1. The van der Waals surface area contributed by atoms with Crippen LogP contribution in [-0.4, -0.2) is 18.1 Å². The third-order valence-corrected chi connectivity index (χ3v) is 2.62. The second kappa shape index (κ2) is 7.09. The van der Waals surface area contributed by atoms with Crippen molar-refractivity contribution in [1.82, 2.24) is 4.98 Å². The minimum absolute atomic E-state index is 0.426. The van der Waals surface area contributed by atoms with Crippen molar-refractivity contribution in [2.24, 2.45) is 0 Å². The van der Waals surface area contributed by atoms with Crippen LogP contribution < -0.4 is 4.74 Å². The van der Waals surface area contributed by atoms with Gasteiger partial charge in [-0.2, -0.15) is 0 Å². The number of carbonyl (C=O) groups is 1. The summed E-state index contributed by atoms with van der Waals surface area (Å²) in [5.41, 5.74) is 1.66. The Bertz CT molecular complexity index is 594. The molecule has 0 unspecified atom stereocenters. The lowest BCUT2D eigenvalue weighted by molar-refractivity contribution is -0.134. The topological polar surface area (TPSA) is 48.4 Å². The van der Waals surface area contributed by atoms with E-state index in [9.17, 15) is 4.79 Å². The minimum atomic E-state index is -0.426. The van der Waals surface area contributed by atoms with Crippen LogP contribution in [0.3, 0.4) is 0 Å². The maximum atomic E-state index is 11.1. The van der Waals surface area contributed by atoms with Gasteiger partial charge in [0.1, 0.15) is 18.1 Å². The van der Waals surface area contributed by atoms with Crippen LogP contribution in [0.25, 0.3) is 6.08 Å². The molecule has 0 radical (unpaired) electrons. The normalized spacial score (nSPS) is 10.4. The van der Waals surface area contributed by atoms with Gasteiger partial charge in [0.15, 0.2) is 0 Å². The van der Waals surface area contributed by atoms with E-state index in [0.29, 0.717) is 18.1 Å². The van der Waals surface area contributed by atoms with Crippen molar-refractivity contribution in [3.63, 3.8) is 0 Å². The summed E-state index contributed by atoms with van der Waals surface area (Å²) in [7, 11) is 1.33. The van der Waals surface area contributed by atoms with Crippen molar-refractivity contribution in [3.8, 4) is 5.75 Å². The van der Waals surface area contributed by atoms with Gasteiger partial charge in [0.05, 0.1) is 7.11 Å². The maximum Gasteiger partial charge on any atom is 0.330 e. The second-order valence-electron chi connectivity index (χ2n) is 4.02. The van der Waals surface area contributed by atoms with Gasteiger partial charge in [0, 0.05) is 12.3 Å². The van der Waals surface area contributed by atoms with E-state index in [1.54, 1.807) is 18.3 Å². The zero-order valence-corrected chi connectivity index (χ0v) is 11.2. The van der Waals surface area contributed by atoms with E-state index in [4.69, 9.17) is 4.74 Å². The zero-order valence-electron chi connectivity index (χ0n) is 11.2. The van der Waals surface area contributed by atoms with Crippen molar-refractivity contribution in [2.45, 2.75) is 6.61 Å². The van der Waals surface area contributed by atoms with Crippen molar-refractivity contribution in [2.75, 3.05) is 7.11 Å². The second-order valence-corrected chi connectivity index (χ2v) is 4.02. The van der Waals surface area contributed by atoms with Gasteiger partial charge < -0.3 is 9.47 Å². The van der Waals surface area contributed by atoms with Gasteiger partial charge in [-0.25, -0.2) is 4.79 Å². The van der Waals surface area contributed by atoms with Crippen LogP contribution in [0, 0.1) is 0 Å². The number of carbonyl (C=O) groups excluding carboxylic acids is 1. The first kappa shape index (κ1) is 13.8. The number of methoxy groups -OCH3 is 1. The molecule has 0 amide bonds. The molecule has 1 aromatic carbocycles. The number of esters is 1. The average molecular weight is 269 g/mol. The number of benzene rings is 1. The van der Waals surface area contributed by atoms with E-state index in [1.807, 2.05) is 36.4 Å². The molecule has 0 N–H and O–H groups in total. The van der Waals surface area contributed by atoms with Gasteiger partial charge in [-0.3, -0.25) is 4.98 Å². The number of hydrogen-bond acceptors (Lipinski definition) is 4. The van der Waals surface area contributed by atoms with Crippen LogP contribution in [0.1, 0.15) is 11.3 Å². The highest BCUT2D eigenvalue weighted by Crippen LogP contribution is 2.18. The van der Waals surface area contributed by atoms with Gasteiger partial charge in [-0.1, -0.05) is 30.3 Å². The predicted molar refractivity (Wildman–Crippen MR) is 76.1 cm³/mol. The molecule has 0 aliphatic carbocycles. The molecule has 2 rings (SSSR count). The van der Waals surface area contributed by atoms with Gasteiger partial charge in [-0.05, 0) is 23.8 Å². The Kier molecular flexibility index (Phi) is 4.89. The van der Waals surface area contributed by atoms with Crippen LogP contribution in [0.4, 0.5) is 0 Å². The standard InChI is InChI=1S/C16H15NO3/c1-19-16(18)10-9-14-15(8-5-11-17-14)20-12-13-6-3-2-4-7-13/h2-11H,12H2,1H3. The summed E-state index contributed by atoms with van der Waals surface area (Å²) in [6, 6.07) is 13.4. The fourth-order valence-electron chi connectivity index (χ4n) is 1.60. The van der Waals surface area contributed by atoms with Crippen molar-refractivity contribution >= 4 is 12.0 Å². The molecule has 1 heterocycles. The van der Waals surface area contributed by atoms with Crippen molar-refractivity contribution in [3.05, 3.63) is 66.0 Å². The lowest BCUT2D eigenvalue weighted by Crippen LogP contribution is -1.98. The largest absolute Gasteiger partial charge is 0.487 e. The number of rotatable bonds is 5. The Labute approximate surface area is 117 Å². The number of hydrogen-bond donors (Lipinski definition) is 0. The third-order valence-electron chi connectivity index (χ3n) is 2.62. The molecule has 0 saturated carbocycles. The lowest BCUT2D eigenvalue weighted by atomic mass is 10.2. The smallest absolute Gasteiger partial charge is 0.330 e. The molecule has 4 heteroatoms. The summed E-state index contributed by atoms with van der Waals surface area (Å²) in [6.07, 6.45) is 4.54. The monoisotopic (exact) mass is 269 g/mol. The van der Waals surface area contributed by atoms with E-state index in [0.717, 1.165) is 5.56 Å². The first-order valence-electron chi connectivity index (χ1n) is 6.17. The Hall–Kier alpha value is -2.62. The molecule has 4 nitrogen and oxygen atoms in total. The van der Waals surface area contributed by atoms with Crippen molar-refractivity contribution in [1.29, 1.82) is 0 Å². The first-order chi connectivity index (χ1) is 9.79. The molecule has 1 aromatic heterocycles. The summed E-state index contributed by atoms with van der Waals surface area (Å²) in [5, 5.41) is 0. The summed E-state index contributed by atoms with van der Waals surface area (Å²) in [5.74, 6) is 0.196. The number of nitrogens with zero attached hydrogens (tertiary/aromatic N) is 1.